The number of carbonyl (C=O) groups excluding carboxylic acids is 1. The lowest BCUT2D eigenvalue weighted by atomic mass is 10.1. The topological polar surface area (TPSA) is 58.1 Å². The third kappa shape index (κ3) is 4.77. The molecule has 1 amide bonds. The molecule has 0 saturated carbocycles. The van der Waals surface area contributed by atoms with Crippen LogP contribution in [-0.2, 0) is 0 Å². The molecule has 1 N–H and O–H groups in total. The van der Waals surface area contributed by atoms with E-state index in [0.717, 1.165) is 0 Å². The minimum atomic E-state index is -0.378. The first-order valence-corrected chi connectivity index (χ1v) is 10.1. The van der Waals surface area contributed by atoms with Gasteiger partial charge in [0.2, 0.25) is 0 Å². The number of thioether (sulfide) groups is 1. The molecule has 5 nitrogen and oxygen atoms in total. The maximum Gasteiger partial charge on any atom is 0.260 e. The van der Waals surface area contributed by atoms with E-state index in [4.69, 9.17) is 0 Å². The summed E-state index contributed by atoms with van der Waals surface area (Å²) in [4.78, 5) is 23.6. The fourth-order valence-electron chi connectivity index (χ4n) is 2.58. The highest BCUT2D eigenvalue weighted by Crippen LogP contribution is 2.26. The number of rotatable bonds is 6. The lowest BCUT2D eigenvalue weighted by molar-refractivity contribution is 0.102. The van der Waals surface area contributed by atoms with Gasteiger partial charge in [0, 0.05) is 24.7 Å². The predicted octanol–water partition coefficient (Wildman–Crippen LogP) is 4.87. The number of halogens is 1. The molecule has 0 aliphatic carbocycles. The number of hydrogen-bond donors (Lipinski definition) is 1. The average molecular weight is 391 g/mol. The first-order chi connectivity index (χ1) is 12.6. The quantitative estimate of drug-likeness (QED) is 0.563. The van der Waals surface area contributed by atoms with Gasteiger partial charge >= 0.3 is 0 Å². The van der Waals surface area contributed by atoms with Gasteiger partial charge in [-0.25, -0.2) is 14.4 Å². The molecule has 0 atom stereocenters. The van der Waals surface area contributed by atoms with Crippen LogP contribution in [0.2, 0.25) is 0 Å². The second-order valence-corrected chi connectivity index (χ2v) is 7.83. The van der Waals surface area contributed by atoms with Gasteiger partial charge in [0.15, 0.2) is 0 Å². The number of benzene rings is 1. The van der Waals surface area contributed by atoms with E-state index in [1.165, 1.54) is 17.8 Å². The Hall–Kier alpha value is -2.15. The van der Waals surface area contributed by atoms with Crippen LogP contribution in [0, 0.1) is 12.7 Å². The summed E-state index contributed by atoms with van der Waals surface area (Å²) >= 11 is 1.40. The average Bonchev–Trinajstić information content (AvgIpc) is 2.60. The van der Waals surface area contributed by atoms with E-state index in [2.05, 4.69) is 15.3 Å². The Balaban J connectivity index is 2.31. The van der Waals surface area contributed by atoms with Crippen LogP contribution in [0.4, 0.5) is 15.8 Å². The third-order valence-corrected chi connectivity index (χ3v) is 5.05. The van der Waals surface area contributed by atoms with Crippen molar-refractivity contribution in [2.24, 2.45) is 0 Å². The van der Waals surface area contributed by atoms with Crippen molar-refractivity contribution in [2.75, 3.05) is 23.5 Å². The van der Waals surface area contributed by atoms with Gasteiger partial charge in [-0.2, -0.15) is 0 Å². The molecule has 0 bridgehead atoms. The molecule has 7 heteroatoms. The van der Waals surface area contributed by atoms with Crippen molar-refractivity contribution in [3.05, 3.63) is 41.1 Å². The Morgan fingerprint density at radius 3 is 2.41 bits per heavy atom. The van der Waals surface area contributed by atoms with Crippen molar-refractivity contribution in [2.45, 2.75) is 51.6 Å². The van der Waals surface area contributed by atoms with Crippen molar-refractivity contribution < 1.29 is 9.18 Å². The summed E-state index contributed by atoms with van der Waals surface area (Å²) in [7, 11) is 1.84. The Labute approximate surface area is 164 Å². The Morgan fingerprint density at radius 2 is 1.89 bits per heavy atom. The number of aryl methyl sites for hydroxylation is 1. The second-order valence-electron chi connectivity index (χ2n) is 7.03. The number of nitrogens with zero attached hydrogens (tertiary/aromatic N) is 3. The summed E-state index contributed by atoms with van der Waals surface area (Å²) in [6.45, 7) is 9.79. The van der Waals surface area contributed by atoms with Crippen LogP contribution < -0.4 is 10.2 Å². The van der Waals surface area contributed by atoms with Crippen molar-refractivity contribution in [3.8, 4) is 0 Å². The highest BCUT2D eigenvalue weighted by atomic mass is 32.2. The van der Waals surface area contributed by atoms with Crippen LogP contribution >= 0.6 is 11.8 Å². The Kier molecular flexibility index (Phi) is 6.81. The molecule has 27 heavy (non-hydrogen) atoms. The van der Waals surface area contributed by atoms with Gasteiger partial charge in [-0.3, -0.25) is 4.79 Å². The molecule has 0 fully saturated rings. The largest absolute Gasteiger partial charge is 0.370 e. The molecule has 0 spiro atoms. The summed E-state index contributed by atoms with van der Waals surface area (Å²) in [6, 6.07) is 4.88. The smallest absolute Gasteiger partial charge is 0.260 e. The van der Waals surface area contributed by atoms with E-state index >= 15 is 0 Å². The number of nitrogens with one attached hydrogen (secondary N) is 1. The number of amides is 1. The van der Waals surface area contributed by atoms with Gasteiger partial charge < -0.3 is 10.2 Å². The fourth-order valence-corrected chi connectivity index (χ4v) is 3.21. The molecule has 146 valence electrons. The lowest BCUT2D eigenvalue weighted by Crippen LogP contribution is -2.26. The fraction of sp³-hybridized carbons (Fsp3) is 0.450. The van der Waals surface area contributed by atoms with Crippen molar-refractivity contribution in [1.82, 2.24) is 9.97 Å². The van der Waals surface area contributed by atoms with E-state index < -0.39 is 0 Å². The summed E-state index contributed by atoms with van der Waals surface area (Å²) in [6.07, 6.45) is 1.87. The Morgan fingerprint density at radius 1 is 1.22 bits per heavy atom. The molecule has 0 radical (unpaired) electrons. The summed E-state index contributed by atoms with van der Waals surface area (Å²) in [5.74, 6) is 0.167. The van der Waals surface area contributed by atoms with Crippen LogP contribution in [0.15, 0.2) is 23.2 Å². The van der Waals surface area contributed by atoms with Gasteiger partial charge in [0.05, 0.1) is 16.9 Å². The minimum Gasteiger partial charge on any atom is -0.370 e. The van der Waals surface area contributed by atoms with E-state index in [9.17, 15) is 9.18 Å². The predicted molar refractivity (Wildman–Crippen MR) is 111 cm³/mol. The number of aromatic nitrogens is 2. The molecular formula is C20H27FN4OS. The summed E-state index contributed by atoms with van der Waals surface area (Å²) in [5, 5.41) is 3.39. The lowest BCUT2D eigenvalue weighted by Gasteiger charge is -2.24. The zero-order valence-corrected chi connectivity index (χ0v) is 17.7. The van der Waals surface area contributed by atoms with Gasteiger partial charge in [0.1, 0.15) is 16.7 Å². The highest BCUT2D eigenvalue weighted by Gasteiger charge is 2.20. The summed E-state index contributed by atoms with van der Waals surface area (Å²) < 4.78 is 14.5. The maximum atomic E-state index is 14.5. The normalized spacial score (nSPS) is 11.2. The molecule has 0 aliphatic heterocycles. The van der Waals surface area contributed by atoms with Crippen LogP contribution in [0.3, 0.4) is 0 Å². The van der Waals surface area contributed by atoms with E-state index in [-0.39, 0.29) is 23.7 Å². The van der Waals surface area contributed by atoms with E-state index in [1.54, 1.807) is 19.1 Å². The first kappa shape index (κ1) is 21.2. The molecule has 1 aromatic heterocycles. The van der Waals surface area contributed by atoms with Crippen molar-refractivity contribution in [1.29, 1.82) is 0 Å². The van der Waals surface area contributed by atoms with Crippen LogP contribution in [-0.4, -0.2) is 35.2 Å². The highest BCUT2D eigenvalue weighted by molar-refractivity contribution is 7.98. The third-order valence-electron chi connectivity index (χ3n) is 4.37. The van der Waals surface area contributed by atoms with Crippen molar-refractivity contribution >= 4 is 29.0 Å². The molecule has 1 aromatic carbocycles. The molecular weight excluding hydrogens is 363 g/mol. The van der Waals surface area contributed by atoms with Gasteiger partial charge in [-0.15, -0.1) is 11.8 Å². The molecule has 2 rings (SSSR count). The monoisotopic (exact) mass is 390 g/mol. The Bertz CT molecular complexity index is 839. The van der Waals surface area contributed by atoms with E-state index in [1.807, 2.05) is 45.9 Å². The molecule has 0 aliphatic rings. The van der Waals surface area contributed by atoms with Crippen LogP contribution in [0.5, 0.6) is 0 Å². The molecule has 0 unspecified atom stereocenters. The van der Waals surface area contributed by atoms with Crippen LogP contribution in [0.25, 0.3) is 0 Å². The van der Waals surface area contributed by atoms with Crippen LogP contribution in [0.1, 0.15) is 55.5 Å². The number of hydrogen-bond acceptors (Lipinski definition) is 5. The molecule has 0 saturated heterocycles. The number of anilines is 2. The number of carbonyl (C=O) groups is 1. The van der Waals surface area contributed by atoms with E-state index in [0.29, 0.717) is 33.5 Å². The second kappa shape index (κ2) is 8.69. The zero-order chi connectivity index (χ0) is 20.3. The molecule has 1 heterocycles. The van der Waals surface area contributed by atoms with Crippen molar-refractivity contribution in [3.63, 3.8) is 0 Å². The van der Waals surface area contributed by atoms with Gasteiger partial charge in [-0.05, 0) is 45.2 Å². The SMILES string of the molecule is CSc1nc(C(C)C)nc(C)c1C(=O)Nc1ccc(N(C)C(C)C)c(F)c1. The first-order valence-electron chi connectivity index (χ1n) is 8.92. The zero-order valence-electron chi connectivity index (χ0n) is 16.9. The van der Waals surface area contributed by atoms with Gasteiger partial charge in [0.25, 0.3) is 5.91 Å². The standard InChI is InChI=1S/C20H27FN4OS/c1-11(2)18-22-13(5)17(20(24-18)27-7)19(26)23-14-8-9-16(15(21)10-14)25(6)12(3)4/h8-12H,1-7H3,(H,23,26). The molecule has 2 aromatic rings. The maximum absolute atomic E-state index is 14.5. The van der Waals surface area contributed by atoms with Gasteiger partial charge in [-0.1, -0.05) is 13.8 Å². The summed E-state index contributed by atoms with van der Waals surface area (Å²) in [5.41, 5.74) is 1.94. The minimum absolute atomic E-state index is 0.170.